The van der Waals surface area contributed by atoms with Crippen molar-refractivity contribution in [3.05, 3.63) is 84.3 Å². The van der Waals surface area contributed by atoms with Gasteiger partial charge in [-0.25, -0.2) is 9.78 Å². The molecule has 4 heterocycles. The predicted octanol–water partition coefficient (Wildman–Crippen LogP) is 5.32. The van der Waals surface area contributed by atoms with Gasteiger partial charge in [-0.05, 0) is 55.0 Å². The SMILES string of the molecule is CC1CC(N)CN(c2ccncc2NC(=O)c2nc3cc(N4CCCCC4=O)ccc3cc2NC(=O)OCc2ccccc2)C1. The third kappa shape index (κ3) is 7.04. The third-order valence-electron chi connectivity index (χ3n) is 8.18. The summed E-state index contributed by atoms with van der Waals surface area (Å²) in [6.07, 6.45) is 5.80. The van der Waals surface area contributed by atoms with Gasteiger partial charge in [-0.1, -0.05) is 43.3 Å². The number of hydrogen-bond donors (Lipinski definition) is 3. The van der Waals surface area contributed by atoms with Gasteiger partial charge in [-0.3, -0.25) is 19.9 Å². The molecule has 2 unspecified atom stereocenters. The maximum atomic E-state index is 13.9. The summed E-state index contributed by atoms with van der Waals surface area (Å²) < 4.78 is 5.44. The Balaban J connectivity index is 1.32. The van der Waals surface area contributed by atoms with E-state index in [2.05, 4.69) is 27.4 Å². The van der Waals surface area contributed by atoms with Crippen LogP contribution in [0.3, 0.4) is 0 Å². The highest BCUT2D eigenvalue weighted by Crippen LogP contribution is 2.31. The zero-order valence-electron chi connectivity index (χ0n) is 25.2. The van der Waals surface area contributed by atoms with Crippen molar-refractivity contribution in [1.82, 2.24) is 9.97 Å². The highest BCUT2D eigenvalue weighted by atomic mass is 16.5. The van der Waals surface area contributed by atoms with Gasteiger partial charge in [0.15, 0.2) is 5.69 Å². The van der Waals surface area contributed by atoms with Crippen molar-refractivity contribution in [3.63, 3.8) is 0 Å². The molecule has 4 aromatic rings. The van der Waals surface area contributed by atoms with E-state index in [1.54, 1.807) is 29.4 Å². The maximum absolute atomic E-state index is 13.9. The molecule has 2 aliphatic heterocycles. The first-order valence-electron chi connectivity index (χ1n) is 15.3. The molecule has 0 bridgehead atoms. The average molecular weight is 608 g/mol. The molecule has 11 heteroatoms. The molecule has 6 rings (SSSR count). The van der Waals surface area contributed by atoms with E-state index in [1.165, 1.54) is 0 Å². The second-order valence-corrected chi connectivity index (χ2v) is 11.8. The Hall–Kier alpha value is -5.03. The Bertz CT molecular complexity index is 1700. The van der Waals surface area contributed by atoms with Crippen molar-refractivity contribution < 1.29 is 19.1 Å². The summed E-state index contributed by atoms with van der Waals surface area (Å²) in [4.78, 5) is 52.3. The van der Waals surface area contributed by atoms with Gasteiger partial charge in [0.05, 0.1) is 28.8 Å². The molecule has 0 spiro atoms. The number of anilines is 4. The lowest BCUT2D eigenvalue weighted by molar-refractivity contribution is -0.119. The molecular weight excluding hydrogens is 570 g/mol. The summed E-state index contributed by atoms with van der Waals surface area (Å²) in [6.45, 7) is 4.31. The van der Waals surface area contributed by atoms with Crippen molar-refractivity contribution in [2.24, 2.45) is 11.7 Å². The molecule has 0 aliphatic carbocycles. The highest BCUT2D eigenvalue weighted by molar-refractivity contribution is 6.11. The van der Waals surface area contributed by atoms with E-state index in [1.807, 2.05) is 48.5 Å². The predicted molar refractivity (Wildman–Crippen MR) is 174 cm³/mol. The molecule has 2 aliphatic rings. The minimum absolute atomic E-state index is 0.000187. The first kappa shape index (κ1) is 30.0. The van der Waals surface area contributed by atoms with E-state index in [4.69, 9.17) is 15.5 Å². The van der Waals surface area contributed by atoms with Crippen LogP contribution in [0, 0.1) is 5.92 Å². The van der Waals surface area contributed by atoms with Crippen LogP contribution in [-0.2, 0) is 16.1 Å². The Morgan fingerprint density at radius 2 is 1.87 bits per heavy atom. The number of carbonyl (C=O) groups excluding carboxylic acids is 3. The Morgan fingerprint density at radius 1 is 1.02 bits per heavy atom. The van der Waals surface area contributed by atoms with Crippen molar-refractivity contribution in [2.45, 2.75) is 45.3 Å². The van der Waals surface area contributed by atoms with Crippen LogP contribution in [0.1, 0.15) is 48.7 Å². The van der Waals surface area contributed by atoms with Crippen molar-refractivity contribution in [1.29, 1.82) is 0 Å². The fourth-order valence-corrected chi connectivity index (χ4v) is 6.08. The van der Waals surface area contributed by atoms with Gasteiger partial charge in [-0.2, -0.15) is 0 Å². The zero-order valence-corrected chi connectivity index (χ0v) is 25.2. The largest absolute Gasteiger partial charge is 0.444 e. The van der Waals surface area contributed by atoms with Gasteiger partial charge in [0.25, 0.3) is 5.91 Å². The molecule has 45 heavy (non-hydrogen) atoms. The molecular formula is C34H37N7O4. The number of amides is 3. The van der Waals surface area contributed by atoms with Gasteiger partial charge < -0.3 is 25.6 Å². The molecule has 2 atom stereocenters. The lowest BCUT2D eigenvalue weighted by Gasteiger charge is -2.37. The Kier molecular flexibility index (Phi) is 8.88. The number of fused-ring (bicyclic) bond motifs is 1. The summed E-state index contributed by atoms with van der Waals surface area (Å²) >= 11 is 0. The van der Waals surface area contributed by atoms with Crippen LogP contribution in [0.15, 0.2) is 73.1 Å². The first-order valence-corrected chi connectivity index (χ1v) is 15.3. The molecule has 2 saturated heterocycles. The van der Waals surface area contributed by atoms with Crippen LogP contribution >= 0.6 is 0 Å². The molecule has 3 amide bonds. The second-order valence-electron chi connectivity index (χ2n) is 11.8. The zero-order chi connectivity index (χ0) is 31.3. The van der Waals surface area contributed by atoms with Gasteiger partial charge in [0.2, 0.25) is 5.91 Å². The van der Waals surface area contributed by atoms with E-state index in [0.29, 0.717) is 42.0 Å². The monoisotopic (exact) mass is 607 g/mol. The van der Waals surface area contributed by atoms with Gasteiger partial charge >= 0.3 is 6.09 Å². The lowest BCUT2D eigenvalue weighted by Crippen LogP contribution is -2.46. The number of aromatic nitrogens is 2. The fourth-order valence-electron chi connectivity index (χ4n) is 6.08. The van der Waals surface area contributed by atoms with E-state index < -0.39 is 12.0 Å². The van der Waals surface area contributed by atoms with Crippen LogP contribution in [0.2, 0.25) is 0 Å². The number of ether oxygens (including phenoxy) is 1. The number of benzene rings is 2. The number of pyridine rings is 2. The van der Waals surface area contributed by atoms with E-state index in [9.17, 15) is 14.4 Å². The van der Waals surface area contributed by atoms with E-state index >= 15 is 0 Å². The van der Waals surface area contributed by atoms with Gasteiger partial charge in [0, 0.05) is 49.4 Å². The highest BCUT2D eigenvalue weighted by Gasteiger charge is 2.26. The Labute approximate surface area is 261 Å². The van der Waals surface area contributed by atoms with Crippen molar-refractivity contribution in [3.8, 4) is 0 Å². The fraction of sp³-hybridized carbons (Fsp3) is 0.324. The van der Waals surface area contributed by atoms with Crippen LogP contribution in [-0.4, -0.2) is 53.6 Å². The normalized spacial score (nSPS) is 18.5. The Morgan fingerprint density at radius 3 is 2.67 bits per heavy atom. The van der Waals surface area contributed by atoms with Crippen LogP contribution < -0.4 is 26.2 Å². The third-order valence-corrected chi connectivity index (χ3v) is 8.18. The molecule has 232 valence electrons. The standard InChI is InChI=1S/C34H37N7O4/c1-22-15-25(35)20-40(19-22)30-12-13-36-18-29(30)38-33(43)32-28(39-34(44)45-21-23-7-3-2-4-8-23)16-24-10-11-26(17-27(24)37-32)41-14-6-5-9-31(41)42/h2-4,7-8,10-13,16-18,22,25H,5-6,9,14-15,19-21,35H2,1H3,(H,38,43)(H,39,44). The molecule has 2 aromatic carbocycles. The minimum atomic E-state index is -0.719. The number of nitrogens with one attached hydrogen (secondary N) is 2. The minimum Gasteiger partial charge on any atom is -0.444 e. The number of nitrogens with two attached hydrogens (primary N) is 1. The van der Waals surface area contributed by atoms with Crippen LogP contribution in [0.5, 0.6) is 0 Å². The molecule has 0 radical (unpaired) electrons. The molecule has 2 aromatic heterocycles. The number of carbonyl (C=O) groups is 3. The molecule has 4 N–H and O–H groups in total. The second kappa shape index (κ2) is 13.3. The van der Waals surface area contributed by atoms with Crippen molar-refractivity contribution in [2.75, 3.05) is 40.1 Å². The molecule has 0 saturated carbocycles. The van der Waals surface area contributed by atoms with Gasteiger partial charge in [-0.15, -0.1) is 0 Å². The summed E-state index contributed by atoms with van der Waals surface area (Å²) in [5.74, 6) is -0.0708. The first-order chi connectivity index (χ1) is 21.8. The van der Waals surface area contributed by atoms with Crippen LogP contribution in [0.25, 0.3) is 10.9 Å². The van der Waals surface area contributed by atoms with Crippen LogP contribution in [0.4, 0.5) is 27.5 Å². The summed E-state index contributed by atoms with van der Waals surface area (Å²) in [5, 5.41) is 6.39. The number of rotatable bonds is 7. The smallest absolute Gasteiger partial charge is 0.412 e. The topological polar surface area (TPSA) is 143 Å². The van der Waals surface area contributed by atoms with E-state index in [0.717, 1.165) is 42.7 Å². The summed E-state index contributed by atoms with van der Waals surface area (Å²) in [7, 11) is 0. The van der Waals surface area contributed by atoms with Gasteiger partial charge in [0.1, 0.15) is 6.61 Å². The lowest BCUT2D eigenvalue weighted by atomic mass is 9.96. The average Bonchev–Trinajstić information content (AvgIpc) is 3.04. The number of hydrogen-bond acceptors (Lipinski definition) is 8. The molecule has 2 fully saturated rings. The summed E-state index contributed by atoms with van der Waals surface area (Å²) in [6, 6.07) is 18.4. The summed E-state index contributed by atoms with van der Waals surface area (Å²) in [5.41, 5.74) is 9.90. The van der Waals surface area contributed by atoms with E-state index in [-0.39, 0.29) is 29.9 Å². The van der Waals surface area contributed by atoms with Crippen molar-refractivity contribution >= 4 is 51.6 Å². The maximum Gasteiger partial charge on any atom is 0.412 e. The number of piperidine rings is 2. The molecule has 11 nitrogen and oxygen atoms in total. The number of nitrogens with zero attached hydrogens (tertiary/aromatic N) is 4. The quantitative estimate of drug-likeness (QED) is 0.256.